The molecular formula is C21H23N5O4. The number of anilines is 1. The third-order valence-electron chi connectivity index (χ3n) is 5.46. The minimum Gasteiger partial charge on any atom is -0.449 e. The van der Waals surface area contributed by atoms with Crippen LogP contribution in [0.5, 0.6) is 0 Å². The predicted molar refractivity (Wildman–Crippen MR) is 111 cm³/mol. The van der Waals surface area contributed by atoms with Gasteiger partial charge < -0.3 is 10.1 Å². The van der Waals surface area contributed by atoms with Gasteiger partial charge in [-0.1, -0.05) is 0 Å². The summed E-state index contributed by atoms with van der Waals surface area (Å²) >= 11 is 0. The molecule has 1 atom stereocenters. The second-order valence-corrected chi connectivity index (χ2v) is 7.53. The van der Waals surface area contributed by atoms with Crippen molar-refractivity contribution in [1.82, 2.24) is 19.3 Å². The van der Waals surface area contributed by atoms with E-state index in [-0.39, 0.29) is 11.1 Å². The van der Waals surface area contributed by atoms with Crippen LogP contribution in [0, 0.1) is 13.8 Å². The molecule has 1 aliphatic heterocycles. The highest BCUT2D eigenvalue weighted by Gasteiger charge is 2.23. The maximum Gasteiger partial charge on any atom is 0.338 e. The van der Waals surface area contributed by atoms with Crippen LogP contribution in [0.3, 0.4) is 0 Å². The lowest BCUT2D eigenvalue weighted by molar-refractivity contribution is -0.123. The van der Waals surface area contributed by atoms with Crippen molar-refractivity contribution in [2.24, 2.45) is 7.05 Å². The van der Waals surface area contributed by atoms with Crippen LogP contribution in [0.2, 0.25) is 0 Å². The molecule has 0 saturated carbocycles. The van der Waals surface area contributed by atoms with Crippen molar-refractivity contribution in [3.05, 3.63) is 51.3 Å². The minimum atomic E-state index is -1.01. The summed E-state index contributed by atoms with van der Waals surface area (Å²) in [5.41, 5.74) is 2.70. The number of nitrogens with zero attached hydrogens (tertiary/aromatic N) is 4. The molecule has 4 rings (SSSR count). The van der Waals surface area contributed by atoms with Gasteiger partial charge in [0.05, 0.1) is 33.5 Å². The van der Waals surface area contributed by atoms with E-state index in [1.54, 1.807) is 29.3 Å². The van der Waals surface area contributed by atoms with Gasteiger partial charge in [-0.2, -0.15) is 5.10 Å². The Labute approximate surface area is 172 Å². The molecule has 0 radical (unpaired) electrons. The number of carbonyl (C=O) groups is 2. The lowest BCUT2D eigenvalue weighted by Gasteiger charge is -2.14. The molecule has 3 aromatic rings. The van der Waals surface area contributed by atoms with Gasteiger partial charge in [-0.05, 0) is 45.4 Å². The average Bonchev–Trinajstić information content (AvgIpc) is 3.27. The molecule has 0 bridgehead atoms. The Balaban J connectivity index is 1.51. The van der Waals surface area contributed by atoms with Crippen LogP contribution < -0.4 is 10.9 Å². The summed E-state index contributed by atoms with van der Waals surface area (Å²) < 4.78 is 8.68. The number of esters is 1. The smallest absolute Gasteiger partial charge is 0.338 e. The van der Waals surface area contributed by atoms with Crippen molar-refractivity contribution in [3.63, 3.8) is 0 Å². The Morgan fingerprint density at radius 3 is 2.73 bits per heavy atom. The Hall–Kier alpha value is -3.49. The van der Waals surface area contributed by atoms with Crippen LogP contribution in [0.1, 0.15) is 40.9 Å². The maximum absolute atomic E-state index is 12.6. The quantitative estimate of drug-likeness (QED) is 0.659. The SMILES string of the molecule is Cc1nn(C)c(C)c1NC(=O)[C@@H](C)OC(=O)c1ccc2c(=O)n3c(nc2c1)CCC3. The number of aromatic nitrogens is 4. The second-order valence-electron chi connectivity index (χ2n) is 7.53. The molecule has 0 spiro atoms. The number of nitrogens with one attached hydrogen (secondary N) is 1. The van der Waals surface area contributed by atoms with Gasteiger partial charge >= 0.3 is 5.97 Å². The molecule has 1 aliphatic rings. The topological polar surface area (TPSA) is 108 Å². The average molecular weight is 409 g/mol. The van der Waals surface area contributed by atoms with E-state index in [4.69, 9.17) is 4.74 Å². The van der Waals surface area contributed by atoms with Gasteiger partial charge in [-0.15, -0.1) is 0 Å². The van der Waals surface area contributed by atoms with Crippen LogP contribution in [-0.4, -0.2) is 37.3 Å². The van der Waals surface area contributed by atoms with Gasteiger partial charge in [-0.3, -0.25) is 18.8 Å². The maximum atomic E-state index is 12.6. The monoisotopic (exact) mass is 409 g/mol. The normalized spacial score (nSPS) is 13.9. The van der Waals surface area contributed by atoms with E-state index in [9.17, 15) is 14.4 Å². The molecule has 156 valence electrons. The summed E-state index contributed by atoms with van der Waals surface area (Å²) in [6, 6.07) is 4.65. The third-order valence-corrected chi connectivity index (χ3v) is 5.46. The Morgan fingerprint density at radius 2 is 2.03 bits per heavy atom. The summed E-state index contributed by atoms with van der Waals surface area (Å²) in [5.74, 6) is -0.368. The standard InChI is InChI=1S/C21H23N5O4/c1-11-18(12(2)25(4)24-11)23-19(27)13(3)30-21(29)14-7-8-15-16(10-14)22-17-6-5-9-26(17)20(15)28/h7-8,10,13H,5-6,9H2,1-4H3,(H,23,27)/t13-/m1/s1. The molecule has 9 heteroatoms. The van der Waals surface area contributed by atoms with Gasteiger partial charge in [-0.25, -0.2) is 9.78 Å². The van der Waals surface area contributed by atoms with Crippen LogP contribution in [0.25, 0.3) is 10.9 Å². The number of hydrogen-bond acceptors (Lipinski definition) is 6. The number of benzene rings is 1. The van der Waals surface area contributed by atoms with E-state index < -0.39 is 18.0 Å². The Morgan fingerprint density at radius 1 is 1.27 bits per heavy atom. The first-order valence-electron chi connectivity index (χ1n) is 9.81. The van der Waals surface area contributed by atoms with E-state index in [1.165, 1.54) is 19.1 Å². The van der Waals surface area contributed by atoms with Gasteiger partial charge in [0.1, 0.15) is 5.82 Å². The van der Waals surface area contributed by atoms with Crippen molar-refractivity contribution >= 4 is 28.5 Å². The lowest BCUT2D eigenvalue weighted by atomic mass is 10.1. The fourth-order valence-electron chi connectivity index (χ4n) is 3.67. The molecule has 2 aromatic heterocycles. The van der Waals surface area contributed by atoms with Crippen molar-refractivity contribution in [2.45, 2.75) is 46.3 Å². The Bertz CT molecular complexity index is 1240. The number of ether oxygens (including phenoxy) is 1. The zero-order chi connectivity index (χ0) is 21.6. The molecule has 30 heavy (non-hydrogen) atoms. The number of carbonyl (C=O) groups excluding carboxylic acids is 2. The minimum absolute atomic E-state index is 0.0950. The number of fused-ring (bicyclic) bond motifs is 2. The molecule has 1 aromatic carbocycles. The number of rotatable bonds is 4. The molecule has 3 heterocycles. The highest BCUT2D eigenvalue weighted by molar-refractivity contribution is 5.99. The number of amides is 1. The van der Waals surface area contributed by atoms with Gasteiger partial charge in [0.2, 0.25) is 0 Å². The predicted octanol–water partition coefficient (Wildman–Crippen LogP) is 1.88. The third kappa shape index (κ3) is 3.36. The molecular weight excluding hydrogens is 386 g/mol. The van der Waals surface area contributed by atoms with Gasteiger partial charge in [0.15, 0.2) is 6.10 Å². The zero-order valence-corrected chi connectivity index (χ0v) is 17.4. The summed E-state index contributed by atoms with van der Waals surface area (Å²) in [6.45, 7) is 5.81. The van der Waals surface area contributed by atoms with Crippen molar-refractivity contribution < 1.29 is 14.3 Å². The molecule has 0 unspecified atom stereocenters. The fourth-order valence-corrected chi connectivity index (χ4v) is 3.67. The number of hydrogen-bond donors (Lipinski definition) is 1. The summed E-state index contributed by atoms with van der Waals surface area (Å²) in [7, 11) is 1.79. The second kappa shape index (κ2) is 7.40. The van der Waals surface area contributed by atoms with Crippen molar-refractivity contribution in [2.75, 3.05) is 5.32 Å². The highest BCUT2D eigenvalue weighted by Crippen LogP contribution is 2.20. The number of aryl methyl sites for hydroxylation is 3. The van der Waals surface area contributed by atoms with Gasteiger partial charge in [0, 0.05) is 20.0 Å². The van der Waals surface area contributed by atoms with Crippen LogP contribution in [0.4, 0.5) is 5.69 Å². The molecule has 0 fully saturated rings. The Kier molecular flexibility index (Phi) is 4.89. The first kappa shape index (κ1) is 19.8. The van der Waals surface area contributed by atoms with Crippen molar-refractivity contribution in [3.8, 4) is 0 Å². The van der Waals surface area contributed by atoms with E-state index in [1.807, 2.05) is 6.92 Å². The fraction of sp³-hybridized carbons (Fsp3) is 0.381. The van der Waals surface area contributed by atoms with Crippen LogP contribution >= 0.6 is 0 Å². The summed E-state index contributed by atoms with van der Waals surface area (Å²) in [4.78, 5) is 42.1. The molecule has 1 N–H and O–H groups in total. The molecule has 0 saturated heterocycles. The highest BCUT2D eigenvalue weighted by atomic mass is 16.5. The molecule has 1 amide bonds. The van der Waals surface area contributed by atoms with Crippen LogP contribution in [0.15, 0.2) is 23.0 Å². The molecule has 9 nitrogen and oxygen atoms in total. The zero-order valence-electron chi connectivity index (χ0n) is 17.4. The summed E-state index contributed by atoms with van der Waals surface area (Å²) in [6.07, 6.45) is 0.617. The van der Waals surface area contributed by atoms with E-state index in [0.29, 0.717) is 28.8 Å². The molecule has 0 aliphatic carbocycles. The lowest BCUT2D eigenvalue weighted by Crippen LogP contribution is -2.30. The summed E-state index contributed by atoms with van der Waals surface area (Å²) in [5, 5.41) is 7.48. The van der Waals surface area contributed by atoms with E-state index in [0.717, 1.165) is 24.4 Å². The van der Waals surface area contributed by atoms with E-state index in [2.05, 4.69) is 15.4 Å². The van der Waals surface area contributed by atoms with Crippen LogP contribution in [-0.2, 0) is 29.5 Å². The van der Waals surface area contributed by atoms with E-state index >= 15 is 0 Å². The van der Waals surface area contributed by atoms with Gasteiger partial charge in [0.25, 0.3) is 11.5 Å². The first-order chi connectivity index (χ1) is 14.3. The van der Waals surface area contributed by atoms with Crippen molar-refractivity contribution in [1.29, 1.82) is 0 Å². The first-order valence-corrected chi connectivity index (χ1v) is 9.81. The largest absolute Gasteiger partial charge is 0.449 e.